The van der Waals surface area contributed by atoms with Crippen molar-refractivity contribution in [1.82, 2.24) is 4.98 Å². The summed E-state index contributed by atoms with van der Waals surface area (Å²) in [6, 6.07) is 5.65. The Hall–Kier alpha value is -2.81. The number of carbonyl (C=O) groups is 3. The zero-order valence-corrected chi connectivity index (χ0v) is 17.9. The molecule has 2 rings (SSSR count). The average Bonchev–Trinajstić information content (AvgIpc) is 3.15. The minimum atomic E-state index is -1.59. The van der Waals surface area contributed by atoms with Crippen LogP contribution in [0.5, 0.6) is 0 Å². The van der Waals surface area contributed by atoms with Crippen LogP contribution < -0.4 is 0 Å². The van der Waals surface area contributed by atoms with E-state index in [4.69, 9.17) is 14.2 Å². The third-order valence-electron chi connectivity index (χ3n) is 4.49. The van der Waals surface area contributed by atoms with Crippen molar-refractivity contribution in [2.75, 3.05) is 27.9 Å². The van der Waals surface area contributed by atoms with Crippen molar-refractivity contribution in [1.29, 1.82) is 0 Å². The maximum Gasteiger partial charge on any atom is 0.508 e. The first-order valence-corrected chi connectivity index (χ1v) is 9.46. The van der Waals surface area contributed by atoms with Crippen LogP contribution in [0.25, 0.3) is 10.9 Å². The molecule has 8 nitrogen and oxygen atoms in total. The number of hydrogen-bond donors (Lipinski definition) is 1. The third kappa shape index (κ3) is 4.97. The second-order valence-corrected chi connectivity index (χ2v) is 7.01. The van der Waals surface area contributed by atoms with Crippen molar-refractivity contribution in [3.8, 4) is 0 Å². The molecule has 0 amide bonds. The van der Waals surface area contributed by atoms with Crippen molar-refractivity contribution < 1.29 is 33.3 Å². The first-order chi connectivity index (χ1) is 13.9. The molecule has 29 heavy (non-hydrogen) atoms. The summed E-state index contributed by atoms with van der Waals surface area (Å²) in [6.07, 6.45) is 4.07. The summed E-state index contributed by atoms with van der Waals surface area (Å²) in [7, 11) is 3.64. The van der Waals surface area contributed by atoms with Gasteiger partial charge in [-0.2, -0.15) is 0 Å². The lowest BCUT2D eigenvalue weighted by Gasteiger charge is -2.27. The van der Waals surface area contributed by atoms with E-state index in [9.17, 15) is 14.4 Å². The maximum atomic E-state index is 12.7. The highest BCUT2D eigenvalue weighted by Crippen LogP contribution is 2.35. The molecule has 0 aliphatic rings. The predicted octanol–water partition coefficient (Wildman–Crippen LogP) is 3.53. The fourth-order valence-electron chi connectivity index (χ4n) is 3.03. The van der Waals surface area contributed by atoms with Gasteiger partial charge in [0.1, 0.15) is 6.61 Å². The summed E-state index contributed by atoms with van der Waals surface area (Å²) in [5.41, 5.74) is 0.0207. The molecule has 1 aromatic carbocycles. The number of fused-ring (bicyclic) bond motifs is 1. The summed E-state index contributed by atoms with van der Waals surface area (Å²) in [5, 5.41) is 0.870. The lowest BCUT2D eigenvalue weighted by atomic mass is 9.78. The largest absolute Gasteiger partial charge is 0.508 e. The second kappa shape index (κ2) is 10.1. The first kappa shape index (κ1) is 22.5. The number of carbonyl (C=O) groups excluding carboxylic acids is 3. The van der Waals surface area contributed by atoms with E-state index in [0.29, 0.717) is 0 Å². The Morgan fingerprint density at radius 3 is 2.38 bits per heavy atom. The van der Waals surface area contributed by atoms with Gasteiger partial charge in [0, 0.05) is 22.5 Å². The third-order valence-corrected chi connectivity index (χ3v) is 5.15. The summed E-state index contributed by atoms with van der Waals surface area (Å²) >= 11 is 3.47. The molecular formula is C20H22BrNO7. The molecule has 0 saturated carbocycles. The van der Waals surface area contributed by atoms with E-state index in [1.165, 1.54) is 27.4 Å². The van der Waals surface area contributed by atoms with Crippen molar-refractivity contribution in [3.05, 3.63) is 46.6 Å². The minimum Gasteiger partial charge on any atom is -0.468 e. The molecule has 0 radical (unpaired) electrons. The van der Waals surface area contributed by atoms with E-state index in [2.05, 4.69) is 25.7 Å². The van der Waals surface area contributed by atoms with E-state index < -0.39 is 23.5 Å². The van der Waals surface area contributed by atoms with Crippen LogP contribution in [0.15, 0.2) is 41.0 Å². The van der Waals surface area contributed by atoms with Gasteiger partial charge in [0.15, 0.2) is 5.41 Å². The molecule has 0 unspecified atom stereocenters. The Kier molecular flexibility index (Phi) is 7.83. The van der Waals surface area contributed by atoms with Crippen LogP contribution in [0.1, 0.15) is 12.0 Å². The Bertz CT molecular complexity index is 903. The summed E-state index contributed by atoms with van der Waals surface area (Å²) in [6.45, 7) is -0.0644. The number of esters is 2. The lowest BCUT2D eigenvalue weighted by Crippen LogP contribution is -2.42. The molecule has 9 heteroatoms. The number of benzene rings is 1. The Balaban J connectivity index is 2.36. The number of methoxy groups -OCH3 is 3. The summed E-state index contributed by atoms with van der Waals surface area (Å²) in [4.78, 5) is 39.6. The minimum absolute atomic E-state index is 0.00242. The molecule has 1 heterocycles. The van der Waals surface area contributed by atoms with Crippen molar-refractivity contribution >= 4 is 44.9 Å². The molecule has 0 spiro atoms. The number of rotatable bonds is 8. The molecular weight excluding hydrogens is 446 g/mol. The number of allylic oxidation sites excluding steroid dienone is 1. The molecule has 1 N–H and O–H groups in total. The zero-order valence-electron chi connectivity index (χ0n) is 16.3. The molecule has 1 aromatic heterocycles. The normalized spacial score (nSPS) is 11.4. The topological polar surface area (TPSA) is 104 Å². The van der Waals surface area contributed by atoms with Gasteiger partial charge in [-0.1, -0.05) is 24.3 Å². The van der Waals surface area contributed by atoms with E-state index >= 15 is 0 Å². The van der Waals surface area contributed by atoms with Gasteiger partial charge in [-0.05, 0) is 34.0 Å². The fourth-order valence-corrected chi connectivity index (χ4v) is 3.51. The van der Waals surface area contributed by atoms with Gasteiger partial charge >= 0.3 is 18.1 Å². The van der Waals surface area contributed by atoms with Crippen LogP contribution >= 0.6 is 15.9 Å². The van der Waals surface area contributed by atoms with Crippen LogP contribution in [0.4, 0.5) is 4.79 Å². The molecule has 0 fully saturated rings. The number of aromatic nitrogens is 1. The Morgan fingerprint density at radius 1 is 1.07 bits per heavy atom. The van der Waals surface area contributed by atoms with Crippen LogP contribution in [0.2, 0.25) is 0 Å². The number of H-pyrrole nitrogens is 1. The van der Waals surface area contributed by atoms with Gasteiger partial charge in [0.05, 0.1) is 26.8 Å². The molecule has 0 bridgehead atoms. The smallest absolute Gasteiger partial charge is 0.468 e. The van der Waals surface area contributed by atoms with E-state index in [0.717, 1.165) is 20.9 Å². The van der Waals surface area contributed by atoms with Crippen LogP contribution in [-0.2, 0) is 35.0 Å². The van der Waals surface area contributed by atoms with Crippen molar-refractivity contribution in [2.24, 2.45) is 5.41 Å². The van der Waals surface area contributed by atoms with Gasteiger partial charge in [-0.3, -0.25) is 9.59 Å². The highest BCUT2D eigenvalue weighted by molar-refractivity contribution is 9.10. The first-order valence-electron chi connectivity index (χ1n) is 8.66. The van der Waals surface area contributed by atoms with E-state index in [1.54, 1.807) is 12.3 Å². The Labute approximate surface area is 176 Å². The maximum absolute atomic E-state index is 12.7. The number of ether oxygens (including phenoxy) is 4. The number of hydrogen-bond acceptors (Lipinski definition) is 7. The number of nitrogens with one attached hydrogen (secondary N) is 1. The van der Waals surface area contributed by atoms with Gasteiger partial charge in [-0.25, -0.2) is 4.79 Å². The zero-order chi connectivity index (χ0) is 21.4. The number of para-hydroxylation sites is 1. The van der Waals surface area contributed by atoms with Gasteiger partial charge in [0.25, 0.3) is 0 Å². The van der Waals surface area contributed by atoms with Crippen molar-refractivity contribution in [3.63, 3.8) is 0 Å². The Morgan fingerprint density at radius 2 is 1.76 bits per heavy atom. The molecule has 156 valence electrons. The van der Waals surface area contributed by atoms with E-state index in [-0.39, 0.29) is 19.4 Å². The monoisotopic (exact) mass is 467 g/mol. The second-order valence-electron chi connectivity index (χ2n) is 6.16. The van der Waals surface area contributed by atoms with E-state index in [1.807, 2.05) is 18.2 Å². The van der Waals surface area contributed by atoms with Gasteiger partial charge in [-0.15, -0.1) is 0 Å². The molecule has 0 atom stereocenters. The molecule has 0 aliphatic heterocycles. The highest BCUT2D eigenvalue weighted by Gasteiger charge is 2.48. The number of halogens is 1. The standard InChI is InChI=1S/C20H22BrNO7/c1-26-17(23)20(18(24)27-2,9-4-5-10-29-19(25)28-3)11-13-12-22-16-14(13)7-6-8-15(16)21/h4-8,12,22H,9-11H2,1-3H3/b5-4+. The average molecular weight is 468 g/mol. The van der Waals surface area contributed by atoms with Crippen LogP contribution in [-0.4, -0.2) is 51.0 Å². The predicted molar refractivity (Wildman–Crippen MR) is 108 cm³/mol. The summed E-state index contributed by atoms with van der Waals surface area (Å²) < 4.78 is 19.9. The fraction of sp³-hybridized carbons (Fsp3) is 0.350. The lowest BCUT2D eigenvalue weighted by molar-refractivity contribution is -0.168. The molecule has 0 aliphatic carbocycles. The van der Waals surface area contributed by atoms with Crippen LogP contribution in [0, 0.1) is 5.41 Å². The molecule has 0 saturated heterocycles. The quantitative estimate of drug-likeness (QED) is 0.274. The van der Waals surface area contributed by atoms with Crippen LogP contribution in [0.3, 0.4) is 0 Å². The van der Waals surface area contributed by atoms with Crippen molar-refractivity contribution in [2.45, 2.75) is 12.8 Å². The van der Waals surface area contributed by atoms with Gasteiger partial charge in [0.2, 0.25) is 0 Å². The highest BCUT2D eigenvalue weighted by atomic mass is 79.9. The molecule has 2 aromatic rings. The van der Waals surface area contributed by atoms with Gasteiger partial charge < -0.3 is 23.9 Å². The number of aromatic amines is 1. The SMILES string of the molecule is COC(=O)OC/C=C/CC(Cc1c[nH]c2c(Br)cccc12)(C(=O)OC)C(=O)OC. The summed E-state index contributed by atoms with van der Waals surface area (Å²) in [5.74, 6) is -1.43.